The second kappa shape index (κ2) is 10.8. The molecule has 0 aliphatic carbocycles. The summed E-state index contributed by atoms with van der Waals surface area (Å²) in [6, 6.07) is 23.1. The number of benzene rings is 3. The van der Waals surface area contributed by atoms with Gasteiger partial charge in [-0.3, -0.25) is 14.4 Å². The van der Waals surface area contributed by atoms with Crippen molar-refractivity contribution in [2.75, 3.05) is 35.7 Å². The number of carbonyl (C=O) groups excluding carboxylic acids is 3. The lowest BCUT2D eigenvalue weighted by atomic mass is 10.1. The summed E-state index contributed by atoms with van der Waals surface area (Å²) in [7, 11) is 1.72. The lowest BCUT2D eigenvalue weighted by Crippen LogP contribution is -2.26. The van der Waals surface area contributed by atoms with E-state index in [-0.39, 0.29) is 24.3 Å². The smallest absolute Gasteiger partial charge is 0.258 e. The largest absolute Gasteiger partial charge is 0.376 e. The average molecular weight is 431 g/mol. The van der Waals surface area contributed by atoms with Crippen molar-refractivity contribution >= 4 is 34.8 Å². The Labute approximate surface area is 187 Å². The molecule has 3 rings (SSSR count). The predicted molar refractivity (Wildman–Crippen MR) is 127 cm³/mol. The summed E-state index contributed by atoms with van der Waals surface area (Å²) in [4.78, 5) is 38.7. The zero-order valence-electron chi connectivity index (χ0n) is 18.1. The summed E-state index contributed by atoms with van der Waals surface area (Å²) in [6.07, 6.45) is 0. The molecule has 3 aromatic carbocycles. The Kier molecular flexibility index (Phi) is 7.59. The number of amides is 3. The van der Waals surface area contributed by atoms with E-state index in [1.165, 1.54) is 0 Å². The van der Waals surface area contributed by atoms with Crippen LogP contribution in [-0.2, 0) is 4.79 Å². The van der Waals surface area contributed by atoms with Crippen molar-refractivity contribution in [3.8, 4) is 0 Å². The molecule has 164 valence electrons. The van der Waals surface area contributed by atoms with Crippen molar-refractivity contribution in [2.24, 2.45) is 0 Å². The lowest BCUT2D eigenvalue weighted by Gasteiger charge is -2.18. The highest BCUT2D eigenvalue weighted by Crippen LogP contribution is 2.17. The van der Waals surface area contributed by atoms with Gasteiger partial charge in [-0.25, -0.2) is 0 Å². The van der Waals surface area contributed by atoms with Crippen LogP contribution in [0.15, 0.2) is 78.9 Å². The number of nitrogens with one attached hydrogen (secondary N) is 3. The first kappa shape index (κ1) is 22.6. The van der Waals surface area contributed by atoms with Crippen LogP contribution in [0, 0.1) is 0 Å². The highest BCUT2D eigenvalue weighted by atomic mass is 16.2. The maximum Gasteiger partial charge on any atom is 0.258 e. The molecule has 32 heavy (non-hydrogen) atoms. The van der Waals surface area contributed by atoms with Crippen LogP contribution in [-0.4, -0.2) is 37.9 Å². The van der Waals surface area contributed by atoms with Crippen LogP contribution in [0.3, 0.4) is 0 Å². The molecule has 0 saturated heterocycles. The molecule has 3 aromatic rings. The first-order valence-corrected chi connectivity index (χ1v) is 10.3. The van der Waals surface area contributed by atoms with Gasteiger partial charge >= 0.3 is 0 Å². The van der Waals surface area contributed by atoms with Crippen LogP contribution in [0.25, 0.3) is 0 Å². The van der Waals surface area contributed by atoms with Crippen molar-refractivity contribution in [3.05, 3.63) is 90.0 Å². The number of rotatable bonds is 8. The molecule has 0 fully saturated rings. The molecular weight excluding hydrogens is 404 g/mol. The number of anilines is 3. The van der Waals surface area contributed by atoms with E-state index in [1.807, 2.05) is 37.3 Å². The number of para-hydroxylation sites is 1. The lowest BCUT2D eigenvalue weighted by molar-refractivity contribution is -0.114. The van der Waals surface area contributed by atoms with Crippen molar-refractivity contribution in [2.45, 2.75) is 6.92 Å². The van der Waals surface area contributed by atoms with Gasteiger partial charge in [-0.1, -0.05) is 30.3 Å². The highest BCUT2D eigenvalue weighted by molar-refractivity contribution is 6.06. The molecule has 7 heteroatoms. The Hall–Kier alpha value is -4.13. The minimum Gasteiger partial charge on any atom is -0.376 e. The highest BCUT2D eigenvalue weighted by Gasteiger charge is 2.14. The molecule has 0 saturated carbocycles. The summed E-state index contributed by atoms with van der Waals surface area (Å²) in [5.74, 6) is -0.605. The zero-order chi connectivity index (χ0) is 22.9. The molecule has 0 bridgehead atoms. The van der Waals surface area contributed by atoms with Crippen LogP contribution >= 0.6 is 0 Å². The summed E-state index contributed by atoms with van der Waals surface area (Å²) in [5, 5.41) is 8.53. The number of nitrogens with zero attached hydrogens (tertiary/aromatic N) is 1. The predicted octanol–water partition coefficient (Wildman–Crippen LogP) is 3.76. The minimum absolute atomic E-state index is 0.0115. The Morgan fingerprint density at radius 1 is 0.812 bits per heavy atom. The van der Waals surface area contributed by atoms with Gasteiger partial charge in [0.25, 0.3) is 11.8 Å². The average Bonchev–Trinajstić information content (AvgIpc) is 2.83. The summed E-state index contributed by atoms with van der Waals surface area (Å²) >= 11 is 0. The quantitative estimate of drug-likeness (QED) is 0.508. The maximum atomic E-state index is 12.8. The van der Waals surface area contributed by atoms with Gasteiger partial charge in [-0.2, -0.15) is 0 Å². The molecule has 0 spiro atoms. The number of hydrogen-bond acceptors (Lipinski definition) is 4. The fraction of sp³-hybridized carbons (Fsp3) is 0.160. The summed E-state index contributed by atoms with van der Waals surface area (Å²) in [6.45, 7) is 2.39. The van der Waals surface area contributed by atoms with Gasteiger partial charge in [0.2, 0.25) is 5.91 Å². The normalized spacial score (nSPS) is 10.2. The van der Waals surface area contributed by atoms with Gasteiger partial charge < -0.3 is 20.9 Å². The third-order valence-electron chi connectivity index (χ3n) is 4.76. The van der Waals surface area contributed by atoms with Gasteiger partial charge in [0, 0.05) is 41.8 Å². The standard InChI is InChI=1S/C25H26N4O3/c1-3-26-24(31)18-9-7-12-21(15-18)28-23(30)17-27-20-11-8-10-19(16-20)25(32)29(2)22-13-5-4-6-14-22/h4-16,27H,3,17H2,1-2H3,(H,26,31)(H,28,30). The first-order chi connectivity index (χ1) is 15.5. The van der Waals surface area contributed by atoms with E-state index in [0.717, 1.165) is 5.69 Å². The maximum absolute atomic E-state index is 12.8. The molecule has 0 unspecified atom stereocenters. The van der Waals surface area contributed by atoms with Crippen LogP contribution in [0.5, 0.6) is 0 Å². The van der Waals surface area contributed by atoms with E-state index in [1.54, 1.807) is 60.5 Å². The van der Waals surface area contributed by atoms with Crippen LogP contribution in [0.2, 0.25) is 0 Å². The van der Waals surface area contributed by atoms with E-state index in [9.17, 15) is 14.4 Å². The zero-order valence-corrected chi connectivity index (χ0v) is 18.1. The van der Waals surface area contributed by atoms with E-state index in [4.69, 9.17) is 0 Å². The molecule has 3 amide bonds. The van der Waals surface area contributed by atoms with Crippen LogP contribution in [0.4, 0.5) is 17.1 Å². The number of hydrogen-bond donors (Lipinski definition) is 3. The third kappa shape index (κ3) is 5.95. The molecule has 3 N–H and O–H groups in total. The fourth-order valence-electron chi connectivity index (χ4n) is 3.11. The first-order valence-electron chi connectivity index (χ1n) is 10.3. The van der Waals surface area contributed by atoms with E-state index < -0.39 is 0 Å². The molecule has 7 nitrogen and oxygen atoms in total. The minimum atomic E-state index is -0.267. The van der Waals surface area contributed by atoms with Gasteiger partial charge in [0.05, 0.1) is 6.54 Å². The Morgan fingerprint density at radius 2 is 1.47 bits per heavy atom. The van der Waals surface area contributed by atoms with E-state index in [2.05, 4.69) is 16.0 Å². The van der Waals surface area contributed by atoms with Crippen LogP contribution in [0.1, 0.15) is 27.6 Å². The second-order valence-corrected chi connectivity index (χ2v) is 7.12. The number of carbonyl (C=O) groups is 3. The molecule has 0 aliphatic rings. The van der Waals surface area contributed by atoms with Crippen molar-refractivity contribution in [3.63, 3.8) is 0 Å². The van der Waals surface area contributed by atoms with Crippen molar-refractivity contribution in [1.29, 1.82) is 0 Å². The third-order valence-corrected chi connectivity index (χ3v) is 4.76. The summed E-state index contributed by atoms with van der Waals surface area (Å²) in [5.41, 5.74) is 2.98. The molecular formula is C25H26N4O3. The molecule has 0 aliphatic heterocycles. The Balaban J connectivity index is 1.59. The SMILES string of the molecule is CCNC(=O)c1cccc(NC(=O)CNc2cccc(C(=O)N(C)c3ccccc3)c2)c1. The van der Waals surface area contributed by atoms with Crippen molar-refractivity contribution < 1.29 is 14.4 Å². The van der Waals surface area contributed by atoms with Gasteiger partial charge in [-0.05, 0) is 55.5 Å². The summed E-state index contributed by atoms with van der Waals surface area (Å²) < 4.78 is 0. The fourth-order valence-corrected chi connectivity index (χ4v) is 3.11. The molecule has 0 aromatic heterocycles. The monoisotopic (exact) mass is 430 g/mol. The van der Waals surface area contributed by atoms with Crippen molar-refractivity contribution in [1.82, 2.24) is 5.32 Å². The van der Waals surface area contributed by atoms with Gasteiger partial charge in [-0.15, -0.1) is 0 Å². The topological polar surface area (TPSA) is 90.5 Å². The van der Waals surface area contributed by atoms with Gasteiger partial charge in [0.1, 0.15) is 0 Å². The Morgan fingerprint density at radius 3 is 2.19 bits per heavy atom. The van der Waals surface area contributed by atoms with Gasteiger partial charge in [0.15, 0.2) is 0 Å². The van der Waals surface area contributed by atoms with E-state index >= 15 is 0 Å². The molecule has 0 radical (unpaired) electrons. The molecule has 0 heterocycles. The second-order valence-electron chi connectivity index (χ2n) is 7.12. The van der Waals surface area contributed by atoms with Crippen LogP contribution < -0.4 is 20.9 Å². The molecule has 0 atom stereocenters. The van der Waals surface area contributed by atoms with E-state index in [0.29, 0.717) is 29.0 Å². The Bertz CT molecular complexity index is 1100.